The van der Waals surface area contributed by atoms with Crippen LogP contribution in [0.3, 0.4) is 0 Å². The summed E-state index contributed by atoms with van der Waals surface area (Å²) in [6.07, 6.45) is 2.83. The molecule has 1 atom stereocenters. The number of amides is 1. The van der Waals surface area contributed by atoms with Gasteiger partial charge in [-0.1, -0.05) is 36.4 Å². The summed E-state index contributed by atoms with van der Waals surface area (Å²) in [7, 11) is 1.88. The van der Waals surface area contributed by atoms with Gasteiger partial charge in [-0.2, -0.15) is 0 Å². The van der Waals surface area contributed by atoms with Gasteiger partial charge >= 0.3 is 12.1 Å². The number of aromatic nitrogens is 2. The van der Waals surface area contributed by atoms with Crippen molar-refractivity contribution >= 4 is 12.1 Å². The number of alkyl carbamates (subject to hydrolysis) is 1. The molecule has 9 nitrogen and oxygen atoms in total. The number of rotatable bonds is 11. The molecule has 47 heavy (non-hydrogen) atoms. The van der Waals surface area contributed by atoms with Gasteiger partial charge in [-0.25, -0.2) is 14.2 Å². The standard InChI is InChI=1S/C37H44FN3O6/c1-24(40-35(43)47-37(5,6)7)30-13-11-14-31(34(30)38)27-16-25(17-29(18-27)44-22-28-20-39-23-41(28)8)21-45-32-15-10-9-12-26(32)19-33(42)46-36(2,3)4/h9-18,20,23-24H,19,21-22H2,1-8H3,(H,40,43)/t24-/m0/s1. The summed E-state index contributed by atoms with van der Waals surface area (Å²) in [5.74, 6) is 0.215. The highest BCUT2D eigenvalue weighted by molar-refractivity contribution is 5.74. The number of imidazole rings is 1. The van der Waals surface area contributed by atoms with Crippen LogP contribution in [0.2, 0.25) is 0 Å². The van der Waals surface area contributed by atoms with E-state index in [1.165, 1.54) is 0 Å². The molecule has 0 radical (unpaired) electrons. The number of nitrogens with zero attached hydrogens (tertiary/aromatic N) is 2. The van der Waals surface area contributed by atoms with Gasteiger partial charge in [-0.05, 0) is 83.9 Å². The smallest absolute Gasteiger partial charge is 0.408 e. The normalized spacial score (nSPS) is 12.3. The number of ether oxygens (including phenoxy) is 4. The van der Waals surface area contributed by atoms with E-state index in [2.05, 4.69) is 10.3 Å². The van der Waals surface area contributed by atoms with Crippen LogP contribution in [0.5, 0.6) is 11.5 Å². The lowest BCUT2D eigenvalue weighted by molar-refractivity contribution is -0.153. The minimum Gasteiger partial charge on any atom is -0.489 e. The number of para-hydroxylation sites is 1. The average Bonchev–Trinajstić information content (AvgIpc) is 3.38. The quantitative estimate of drug-likeness (QED) is 0.166. The van der Waals surface area contributed by atoms with Gasteiger partial charge in [0, 0.05) is 23.7 Å². The van der Waals surface area contributed by atoms with Gasteiger partial charge in [0.1, 0.15) is 41.7 Å². The SMILES string of the molecule is C[C@H](NC(=O)OC(C)(C)C)c1cccc(-c2cc(COc3ccccc3CC(=O)OC(C)(C)C)cc(OCc3cncn3C)c2)c1F. The third kappa shape index (κ3) is 10.3. The van der Waals surface area contributed by atoms with E-state index in [1.54, 1.807) is 70.6 Å². The van der Waals surface area contributed by atoms with Crippen LogP contribution < -0.4 is 14.8 Å². The second-order valence-corrected chi connectivity index (χ2v) is 13.4. The monoisotopic (exact) mass is 645 g/mol. The molecule has 0 fully saturated rings. The second-order valence-electron chi connectivity index (χ2n) is 13.4. The number of hydrogen-bond donors (Lipinski definition) is 1. The largest absolute Gasteiger partial charge is 0.489 e. The number of halogens is 1. The number of benzene rings is 3. The molecule has 3 aromatic carbocycles. The Bertz CT molecular complexity index is 1700. The van der Waals surface area contributed by atoms with Crippen molar-refractivity contribution in [2.75, 3.05) is 0 Å². The van der Waals surface area contributed by atoms with E-state index in [0.717, 1.165) is 11.3 Å². The lowest BCUT2D eigenvalue weighted by Gasteiger charge is -2.22. The maximum atomic E-state index is 16.1. The van der Waals surface area contributed by atoms with Crippen LogP contribution in [0.25, 0.3) is 11.1 Å². The summed E-state index contributed by atoms with van der Waals surface area (Å²) in [5.41, 5.74) is 2.19. The molecule has 1 amide bonds. The molecule has 0 aliphatic heterocycles. The van der Waals surface area contributed by atoms with Crippen molar-refractivity contribution < 1.29 is 32.9 Å². The van der Waals surface area contributed by atoms with E-state index in [1.807, 2.05) is 62.7 Å². The van der Waals surface area contributed by atoms with Crippen LogP contribution in [0.1, 0.15) is 76.9 Å². The van der Waals surface area contributed by atoms with Crippen molar-refractivity contribution in [3.63, 3.8) is 0 Å². The summed E-state index contributed by atoms with van der Waals surface area (Å²) < 4.78 is 41.2. The maximum absolute atomic E-state index is 16.1. The van der Waals surface area contributed by atoms with E-state index in [9.17, 15) is 9.59 Å². The van der Waals surface area contributed by atoms with Gasteiger partial charge in [0.2, 0.25) is 0 Å². The van der Waals surface area contributed by atoms with Crippen LogP contribution in [-0.4, -0.2) is 32.8 Å². The summed E-state index contributed by atoms with van der Waals surface area (Å²) in [4.78, 5) is 29.1. The van der Waals surface area contributed by atoms with Crippen LogP contribution in [0.15, 0.2) is 73.2 Å². The molecule has 0 saturated carbocycles. The number of carbonyl (C=O) groups is 2. The molecule has 1 aromatic heterocycles. The molecule has 0 aliphatic carbocycles. The summed E-state index contributed by atoms with van der Waals surface area (Å²) in [6.45, 7) is 12.8. The predicted molar refractivity (Wildman–Crippen MR) is 177 cm³/mol. The van der Waals surface area contributed by atoms with Crippen molar-refractivity contribution in [1.82, 2.24) is 14.9 Å². The van der Waals surface area contributed by atoms with Gasteiger partial charge in [0.05, 0.1) is 30.7 Å². The zero-order chi connectivity index (χ0) is 34.4. The predicted octanol–water partition coefficient (Wildman–Crippen LogP) is 7.85. The second kappa shape index (κ2) is 14.7. The first-order chi connectivity index (χ1) is 22.1. The highest BCUT2D eigenvalue weighted by atomic mass is 19.1. The third-order valence-electron chi connectivity index (χ3n) is 6.93. The molecule has 0 spiro atoms. The third-order valence-corrected chi connectivity index (χ3v) is 6.93. The highest BCUT2D eigenvalue weighted by Crippen LogP contribution is 2.33. The minimum atomic E-state index is -0.686. The molecule has 0 aliphatic rings. The van der Waals surface area contributed by atoms with Gasteiger partial charge in [-0.15, -0.1) is 0 Å². The fourth-order valence-electron chi connectivity index (χ4n) is 4.82. The van der Waals surface area contributed by atoms with Crippen molar-refractivity contribution in [2.24, 2.45) is 7.05 Å². The number of hydrogen-bond acceptors (Lipinski definition) is 7. The fraction of sp³-hybridized carbons (Fsp3) is 0.378. The zero-order valence-corrected chi connectivity index (χ0v) is 28.3. The number of nitrogens with one attached hydrogen (secondary N) is 1. The zero-order valence-electron chi connectivity index (χ0n) is 28.3. The van der Waals surface area contributed by atoms with Crippen LogP contribution in [0.4, 0.5) is 9.18 Å². The Morgan fingerprint density at radius 3 is 2.32 bits per heavy atom. The topological polar surface area (TPSA) is 101 Å². The Kier molecular flexibility index (Phi) is 11.0. The lowest BCUT2D eigenvalue weighted by Crippen LogP contribution is -2.34. The van der Waals surface area contributed by atoms with Gasteiger partial charge in [0.15, 0.2) is 0 Å². The molecule has 1 heterocycles. The van der Waals surface area contributed by atoms with E-state index in [4.69, 9.17) is 18.9 Å². The van der Waals surface area contributed by atoms with E-state index in [0.29, 0.717) is 33.8 Å². The molecule has 250 valence electrons. The van der Waals surface area contributed by atoms with E-state index in [-0.39, 0.29) is 25.6 Å². The molecule has 1 N–H and O–H groups in total. The molecule has 4 rings (SSSR count). The fourth-order valence-corrected chi connectivity index (χ4v) is 4.82. The number of esters is 1. The van der Waals surface area contributed by atoms with Crippen LogP contribution >= 0.6 is 0 Å². The van der Waals surface area contributed by atoms with Crippen LogP contribution in [-0.2, 0) is 41.0 Å². The summed E-state index contributed by atoms with van der Waals surface area (Å²) >= 11 is 0. The van der Waals surface area contributed by atoms with Gasteiger partial charge in [-0.3, -0.25) is 4.79 Å². The van der Waals surface area contributed by atoms with Crippen LogP contribution in [0, 0.1) is 5.82 Å². The van der Waals surface area contributed by atoms with Crippen molar-refractivity contribution in [3.8, 4) is 22.6 Å². The Hall–Kier alpha value is -4.86. The van der Waals surface area contributed by atoms with Gasteiger partial charge in [0.25, 0.3) is 0 Å². The van der Waals surface area contributed by atoms with E-state index >= 15 is 4.39 Å². The Morgan fingerprint density at radius 2 is 1.64 bits per heavy atom. The first-order valence-corrected chi connectivity index (χ1v) is 15.5. The maximum Gasteiger partial charge on any atom is 0.408 e. The summed E-state index contributed by atoms with van der Waals surface area (Å²) in [6, 6.07) is 17.1. The number of aryl methyl sites for hydroxylation is 1. The molecule has 0 unspecified atom stereocenters. The Labute approximate surface area is 276 Å². The molecule has 0 saturated heterocycles. The molecular weight excluding hydrogens is 601 g/mol. The highest BCUT2D eigenvalue weighted by Gasteiger charge is 2.22. The lowest BCUT2D eigenvalue weighted by atomic mass is 9.97. The van der Waals surface area contributed by atoms with Crippen molar-refractivity contribution in [3.05, 3.63) is 101 Å². The first-order valence-electron chi connectivity index (χ1n) is 15.5. The Morgan fingerprint density at radius 1 is 0.915 bits per heavy atom. The number of carbonyl (C=O) groups excluding carboxylic acids is 2. The van der Waals surface area contributed by atoms with E-state index < -0.39 is 29.2 Å². The Balaban J connectivity index is 1.62. The molecule has 10 heteroatoms. The van der Waals surface area contributed by atoms with Gasteiger partial charge < -0.3 is 28.8 Å². The molecule has 0 bridgehead atoms. The average molecular weight is 646 g/mol. The molecule has 4 aromatic rings. The minimum absolute atomic E-state index is 0.0556. The molecular formula is C37H44FN3O6. The van der Waals surface area contributed by atoms with Crippen molar-refractivity contribution in [1.29, 1.82) is 0 Å². The van der Waals surface area contributed by atoms with Crippen molar-refractivity contribution in [2.45, 2.75) is 85.3 Å². The summed E-state index contributed by atoms with van der Waals surface area (Å²) in [5, 5.41) is 2.72. The first kappa shape index (κ1) is 35.0.